The minimum atomic E-state index is -0.338. The number of ether oxygens (including phenoxy) is 1. The molecule has 29 heavy (non-hydrogen) atoms. The van der Waals surface area contributed by atoms with Crippen LogP contribution in [-0.2, 0) is 9.53 Å². The van der Waals surface area contributed by atoms with Crippen LogP contribution in [0.25, 0.3) is 0 Å². The average molecular weight is 401 g/mol. The summed E-state index contributed by atoms with van der Waals surface area (Å²) in [5.41, 5.74) is 1.10. The molecular weight excluding hydrogens is 374 g/mol. The van der Waals surface area contributed by atoms with E-state index in [0.717, 1.165) is 6.42 Å². The van der Waals surface area contributed by atoms with Gasteiger partial charge in [-0.05, 0) is 43.9 Å². The topological polar surface area (TPSA) is 96.0 Å². The minimum Gasteiger partial charge on any atom is -0.466 e. The molecule has 0 aromatic heterocycles. The van der Waals surface area contributed by atoms with Crippen LogP contribution in [0.2, 0.25) is 0 Å². The minimum absolute atomic E-state index is 0.169. The molecule has 8 heteroatoms. The summed E-state index contributed by atoms with van der Waals surface area (Å²) in [7, 11) is 0. The van der Waals surface area contributed by atoms with E-state index in [0.29, 0.717) is 49.5 Å². The lowest BCUT2D eigenvalue weighted by molar-refractivity contribution is -0.149. The Balaban J connectivity index is 1.68. The molecule has 1 fully saturated rings. The molecule has 0 spiro atoms. The number of nitrogens with one attached hydrogen (secondary N) is 1. The van der Waals surface area contributed by atoms with E-state index < -0.39 is 0 Å². The molecule has 1 N–H and O–H groups in total. The van der Waals surface area contributed by atoms with E-state index in [1.54, 1.807) is 30.0 Å². The molecule has 1 aromatic carbocycles. The van der Waals surface area contributed by atoms with Gasteiger partial charge in [-0.2, -0.15) is 0 Å². The third-order valence-electron chi connectivity index (χ3n) is 5.10. The second-order valence-electron chi connectivity index (χ2n) is 7.84. The van der Waals surface area contributed by atoms with Crippen molar-refractivity contribution in [2.75, 3.05) is 31.6 Å². The lowest BCUT2D eigenvalue weighted by atomic mass is 9.98. The molecule has 1 aromatic rings. The molecule has 2 aliphatic heterocycles. The van der Waals surface area contributed by atoms with Gasteiger partial charge in [-0.1, -0.05) is 13.8 Å². The second kappa shape index (κ2) is 8.63. The maximum Gasteiger partial charge on any atom is 0.321 e. The van der Waals surface area contributed by atoms with Crippen molar-refractivity contribution in [3.8, 4) is 0 Å². The van der Waals surface area contributed by atoms with Crippen LogP contribution in [0.4, 0.5) is 10.5 Å². The lowest BCUT2D eigenvalue weighted by Gasteiger charge is -2.31. The van der Waals surface area contributed by atoms with Gasteiger partial charge in [0.05, 0.1) is 23.7 Å². The number of imide groups is 1. The van der Waals surface area contributed by atoms with E-state index >= 15 is 0 Å². The molecule has 0 saturated carbocycles. The Kier molecular flexibility index (Phi) is 6.20. The monoisotopic (exact) mass is 401 g/mol. The molecule has 1 saturated heterocycles. The maximum atomic E-state index is 12.6. The number of hydrogen-bond donors (Lipinski definition) is 1. The number of benzene rings is 1. The third-order valence-corrected chi connectivity index (χ3v) is 5.10. The average Bonchev–Trinajstić information content (AvgIpc) is 2.92. The molecule has 3 rings (SSSR count). The predicted molar refractivity (Wildman–Crippen MR) is 107 cm³/mol. The number of hydrogen-bond acceptors (Lipinski definition) is 5. The van der Waals surface area contributed by atoms with Crippen molar-refractivity contribution < 1.29 is 23.9 Å². The highest BCUT2D eigenvalue weighted by Gasteiger charge is 2.36. The SMILES string of the molecule is CCOC(=O)C1CCCN(C(=O)Nc2ccc3c(c2)C(=O)N(CC(C)C)C3=O)C1. The van der Waals surface area contributed by atoms with E-state index in [-0.39, 0.29) is 35.7 Å². The van der Waals surface area contributed by atoms with Crippen LogP contribution in [0.5, 0.6) is 0 Å². The number of piperidine rings is 1. The number of rotatable bonds is 5. The molecular formula is C21H27N3O5. The maximum absolute atomic E-state index is 12.6. The highest BCUT2D eigenvalue weighted by Crippen LogP contribution is 2.27. The zero-order chi connectivity index (χ0) is 21.1. The second-order valence-corrected chi connectivity index (χ2v) is 7.84. The van der Waals surface area contributed by atoms with Crippen LogP contribution < -0.4 is 5.32 Å². The van der Waals surface area contributed by atoms with Gasteiger partial charge >= 0.3 is 12.0 Å². The first-order chi connectivity index (χ1) is 13.8. The van der Waals surface area contributed by atoms with Crippen molar-refractivity contribution >= 4 is 29.5 Å². The predicted octanol–water partition coefficient (Wildman–Crippen LogP) is 2.75. The molecule has 0 radical (unpaired) electrons. The summed E-state index contributed by atoms with van der Waals surface area (Å²) in [5.74, 6) is -1.07. The summed E-state index contributed by atoms with van der Waals surface area (Å²) in [6.07, 6.45) is 1.42. The molecule has 2 aliphatic rings. The van der Waals surface area contributed by atoms with Crippen molar-refractivity contribution in [3.05, 3.63) is 29.3 Å². The number of urea groups is 1. The molecule has 2 heterocycles. The standard InChI is InChI=1S/C21H27N3O5/c1-4-29-20(27)14-6-5-9-23(12-14)21(28)22-15-7-8-16-17(10-15)19(26)24(18(16)25)11-13(2)3/h7-8,10,13-14H,4-6,9,11-12H2,1-3H3,(H,22,28). The Hall–Kier alpha value is -2.90. The van der Waals surface area contributed by atoms with Gasteiger partial charge in [0.15, 0.2) is 0 Å². The third kappa shape index (κ3) is 4.41. The number of fused-ring (bicyclic) bond motifs is 1. The molecule has 1 atom stereocenters. The number of carbonyl (C=O) groups is 4. The van der Waals surface area contributed by atoms with E-state index in [1.807, 2.05) is 13.8 Å². The molecule has 156 valence electrons. The summed E-state index contributed by atoms with van der Waals surface area (Å²) in [5, 5.41) is 2.78. The quantitative estimate of drug-likeness (QED) is 0.605. The highest BCUT2D eigenvalue weighted by atomic mass is 16.5. The summed E-state index contributed by atoms with van der Waals surface area (Å²) in [6, 6.07) is 4.40. The van der Waals surface area contributed by atoms with E-state index in [4.69, 9.17) is 4.74 Å². The molecule has 8 nitrogen and oxygen atoms in total. The Bertz CT molecular complexity index is 836. The zero-order valence-corrected chi connectivity index (χ0v) is 17.1. The van der Waals surface area contributed by atoms with E-state index in [9.17, 15) is 19.2 Å². The molecule has 1 unspecified atom stereocenters. The first-order valence-corrected chi connectivity index (χ1v) is 10.0. The van der Waals surface area contributed by atoms with Gasteiger partial charge in [0.1, 0.15) is 0 Å². The molecule has 4 amide bonds. The Morgan fingerprint density at radius 3 is 2.62 bits per heavy atom. The summed E-state index contributed by atoms with van der Waals surface area (Å²) in [4.78, 5) is 52.5. The first-order valence-electron chi connectivity index (χ1n) is 10.0. The van der Waals surface area contributed by atoms with Crippen LogP contribution in [0.3, 0.4) is 0 Å². The van der Waals surface area contributed by atoms with Crippen molar-refractivity contribution in [1.29, 1.82) is 0 Å². The Labute approximate surface area is 170 Å². The number of carbonyl (C=O) groups excluding carboxylic acids is 4. The van der Waals surface area contributed by atoms with Gasteiger partial charge in [-0.3, -0.25) is 19.3 Å². The van der Waals surface area contributed by atoms with E-state index in [1.165, 1.54) is 4.90 Å². The fraction of sp³-hybridized carbons (Fsp3) is 0.524. The summed E-state index contributed by atoms with van der Waals surface area (Å²) in [6.45, 7) is 7.16. The van der Waals surface area contributed by atoms with E-state index in [2.05, 4.69) is 5.32 Å². The van der Waals surface area contributed by atoms with Crippen LogP contribution in [0.1, 0.15) is 54.3 Å². The van der Waals surface area contributed by atoms with Gasteiger partial charge in [-0.25, -0.2) is 4.79 Å². The normalized spacial score (nSPS) is 18.8. The number of nitrogens with zero attached hydrogens (tertiary/aromatic N) is 2. The first kappa shape index (κ1) is 20.8. The summed E-state index contributed by atoms with van der Waals surface area (Å²) >= 11 is 0. The fourth-order valence-corrected chi connectivity index (χ4v) is 3.72. The van der Waals surface area contributed by atoms with Crippen LogP contribution in [0, 0.1) is 11.8 Å². The number of amides is 4. The Morgan fingerprint density at radius 1 is 1.21 bits per heavy atom. The lowest BCUT2D eigenvalue weighted by Crippen LogP contribution is -2.44. The number of esters is 1. The van der Waals surface area contributed by atoms with Crippen molar-refractivity contribution in [2.45, 2.75) is 33.6 Å². The zero-order valence-electron chi connectivity index (χ0n) is 17.1. The smallest absolute Gasteiger partial charge is 0.321 e. The van der Waals surface area contributed by atoms with Crippen LogP contribution >= 0.6 is 0 Å². The number of anilines is 1. The molecule has 0 bridgehead atoms. The van der Waals surface area contributed by atoms with Gasteiger partial charge in [0, 0.05) is 25.3 Å². The van der Waals surface area contributed by atoms with Gasteiger partial charge in [-0.15, -0.1) is 0 Å². The van der Waals surface area contributed by atoms with Crippen molar-refractivity contribution in [1.82, 2.24) is 9.80 Å². The van der Waals surface area contributed by atoms with Crippen molar-refractivity contribution in [3.63, 3.8) is 0 Å². The van der Waals surface area contributed by atoms with Crippen LogP contribution in [-0.4, -0.2) is 59.9 Å². The van der Waals surface area contributed by atoms with Crippen molar-refractivity contribution in [2.24, 2.45) is 11.8 Å². The van der Waals surface area contributed by atoms with Crippen LogP contribution in [0.15, 0.2) is 18.2 Å². The number of likely N-dealkylation sites (tertiary alicyclic amines) is 1. The largest absolute Gasteiger partial charge is 0.466 e. The van der Waals surface area contributed by atoms with Gasteiger partial charge in [0.25, 0.3) is 11.8 Å². The highest BCUT2D eigenvalue weighted by molar-refractivity contribution is 6.21. The van der Waals surface area contributed by atoms with Gasteiger partial charge in [0.2, 0.25) is 0 Å². The molecule has 0 aliphatic carbocycles. The Morgan fingerprint density at radius 2 is 1.93 bits per heavy atom. The van der Waals surface area contributed by atoms with Gasteiger partial charge < -0.3 is 15.0 Å². The summed E-state index contributed by atoms with van der Waals surface area (Å²) < 4.78 is 5.07. The fourth-order valence-electron chi connectivity index (χ4n) is 3.72.